The van der Waals surface area contributed by atoms with E-state index < -0.39 is 35.0 Å². The predicted octanol–water partition coefficient (Wildman–Crippen LogP) is 2.41. The molecule has 0 heterocycles. The lowest BCUT2D eigenvalue weighted by molar-refractivity contribution is -0.136. The van der Waals surface area contributed by atoms with Gasteiger partial charge in [-0.3, -0.25) is 9.59 Å². The molecule has 0 fully saturated rings. The predicted molar refractivity (Wildman–Crippen MR) is 84.7 cm³/mol. The molecule has 0 saturated heterocycles. The summed E-state index contributed by atoms with van der Waals surface area (Å²) in [4.78, 5) is 23.4. The third kappa shape index (κ3) is 4.72. The number of carbonyl (C=O) groups excluding carboxylic acids is 2. The smallest absolute Gasteiger partial charge is 0.313 e. The Kier molecular flexibility index (Phi) is 5.99. The molecule has 0 aliphatic heterocycles. The maximum absolute atomic E-state index is 13.5. The minimum atomic E-state index is -1.73. The molecule has 2 rings (SSSR count). The monoisotopic (exact) mass is 352 g/mol. The Morgan fingerprint density at radius 1 is 1.04 bits per heavy atom. The van der Waals surface area contributed by atoms with Gasteiger partial charge in [0.05, 0.1) is 12.8 Å². The van der Waals surface area contributed by atoms with Gasteiger partial charge in [0.1, 0.15) is 5.75 Å². The molecular formula is C17H15F3N2O3. The highest BCUT2D eigenvalue weighted by Crippen LogP contribution is 2.19. The Labute approximate surface area is 141 Å². The first kappa shape index (κ1) is 18.3. The van der Waals surface area contributed by atoms with Gasteiger partial charge in [-0.05, 0) is 36.2 Å². The first-order chi connectivity index (χ1) is 11.9. The SMILES string of the molecule is COc1cccc(CCNC(=O)C(=O)Nc2ccc(F)c(F)c2F)c1. The molecule has 0 atom stereocenters. The number of ether oxygens (including phenoxy) is 1. The van der Waals surface area contributed by atoms with Gasteiger partial charge in [-0.1, -0.05) is 12.1 Å². The summed E-state index contributed by atoms with van der Waals surface area (Å²) >= 11 is 0. The van der Waals surface area contributed by atoms with Gasteiger partial charge in [-0.15, -0.1) is 0 Å². The molecule has 25 heavy (non-hydrogen) atoms. The summed E-state index contributed by atoms with van der Waals surface area (Å²) in [5.41, 5.74) is 0.263. The number of rotatable bonds is 5. The molecule has 0 saturated carbocycles. The second kappa shape index (κ2) is 8.18. The average Bonchev–Trinajstić information content (AvgIpc) is 2.62. The molecule has 0 aromatic heterocycles. The van der Waals surface area contributed by atoms with E-state index in [-0.39, 0.29) is 6.54 Å². The van der Waals surface area contributed by atoms with Gasteiger partial charge in [0.15, 0.2) is 17.5 Å². The number of halogens is 3. The van der Waals surface area contributed by atoms with E-state index in [1.54, 1.807) is 18.2 Å². The van der Waals surface area contributed by atoms with E-state index in [4.69, 9.17) is 4.74 Å². The standard InChI is InChI=1S/C17H15F3N2O3/c1-25-11-4-2-3-10(9-11)7-8-21-16(23)17(24)22-13-6-5-12(18)14(19)15(13)20/h2-6,9H,7-8H2,1H3,(H,21,23)(H,22,24). The van der Waals surface area contributed by atoms with Crippen LogP contribution in [0.1, 0.15) is 5.56 Å². The number of hydrogen-bond acceptors (Lipinski definition) is 3. The van der Waals surface area contributed by atoms with Gasteiger partial charge in [0.25, 0.3) is 0 Å². The summed E-state index contributed by atoms with van der Waals surface area (Å²) in [5.74, 6) is -6.23. The number of benzene rings is 2. The van der Waals surface area contributed by atoms with Crippen LogP contribution in [0, 0.1) is 17.5 Å². The fraction of sp³-hybridized carbons (Fsp3) is 0.176. The highest BCUT2D eigenvalue weighted by Gasteiger charge is 2.18. The van der Waals surface area contributed by atoms with E-state index in [1.807, 2.05) is 11.4 Å². The molecule has 0 radical (unpaired) electrons. The van der Waals surface area contributed by atoms with E-state index in [0.717, 1.165) is 11.6 Å². The number of nitrogens with one attached hydrogen (secondary N) is 2. The zero-order valence-corrected chi connectivity index (χ0v) is 13.2. The summed E-state index contributed by atoms with van der Waals surface area (Å²) in [6.07, 6.45) is 0.440. The van der Waals surface area contributed by atoms with E-state index in [9.17, 15) is 22.8 Å². The number of anilines is 1. The van der Waals surface area contributed by atoms with Crippen molar-refractivity contribution in [2.75, 3.05) is 19.0 Å². The Morgan fingerprint density at radius 3 is 2.52 bits per heavy atom. The van der Waals surface area contributed by atoms with Crippen molar-refractivity contribution in [1.82, 2.24) is 5.32 Å². The fourth-order valence-electron chi connectivity index (χ4n) is 2.03. The molecule has 0 bridgehead atoms. The Morgan fingerprint density at radius 2 is 1.80 bits per heavy atom. The van der Waals surface area contributed by atoms with Crippen LogP contribution in [0.25, 0.3) is 0 Å². The van der Waals surface area contributed by atoms with Crippen LogP contribution in [0.15, 0.2) is 36.4 Å². The average molecular weight is 352 g/mol. The maximum atomic E-state index is 13.5. The summed E-state index contributed by atoms with van der Waals surface area (Å²) < 4.78 is 44.4. The molecule has 0 spiro atoms. The maximum Gasteiger partial charge on any atom is 0.313 e. The molecule has 2 N–H and O–H groups in total. The van der Waals surface area contributed by atoms with Crippen LogP contribution in [0.4, 0.5) is 18.9 Å². The molecule has 5 nitrogen and oxygen atoms in total. The van der Waals surface area contributed by atoms with Crippen molar-refractivity contribution in [2.24, 2.45) is 0 Å². The van der Waals surface area contributed by atoms with Gasteiger partial charge in [-0.25, -0.2) is 13.2 Å². The summed E-state index contributed by atoms with van der Waals surface area (Å²) in [5, 5.41) is 4.24. The molecule has 0 unspecified atom stereocenters. The molecule has 8 heteroatoms. The number of amides is 2. The van der Waals surface area contributed by atoms with Crippen LogP contribution in [0.3, 0.4) is 0 Å². The van der Waals surface area contributed by atoms with Crippen molar-refractivity contribution in [3.8, 4) is 5.75 Å². The minimum absolute atomic E-state index is 0.152. The summed E-state index contributed by atoms with van der Waals surface area (Å²) in [7, 11) is 1.53. The lowest BCUT2D eigenvalue weighted by atomic mass is 10.1. The first-order valence-electron chi connectivity index (χ1n) is 7.28. The number of hydrogen-bond donors (Lipinski definition) is 2. The largest absolute Gasteiger partial charge is 0.497 e. The van der Waals surface area contributed by atoms with Gasteiger partial charge >= 0.3 is 11.8 Å². The molecule has 2 aromatic carbocycles. The van der Waals surface area contributed by atoms with Crippen molar-refractivity contribution in [3.05, 3.63) is 59.4 Å². The van der Waals surface area contributed by atoms with Gasteiger partial charge < -0.3 is 15.4 Å². The second-order valence-corrected chi connectivity index (χ2v) is 5.03. The summed E-state index contributed by atoms with van der Waals surface area (Å²) in [6, 6.07) is 8.64. The van der Waals surface area contributed by atoms with E-state index in [2.05, 4.69) is 5.32 Å². The topological polar surface area (TPSA) is 67.4 Å². The molecule has 132 valence electrons. The van der Waals surface area contributed by atoms with Gasteiger partial charge in [0.2, 0.25) is 0 Å². The van der Waals surface area contributed by atoms with Crippen molar-refractivity contribution >= 4 is 17.5 Å². The van der Waals surface area contributed by atoms with E-state index in [0.29, 0.717) is 18.2 Å². The normalized spacial score (nSPS) is 10.2. The van der Waals surface area contributed by atoms with Gasteiger partial charge in [-0.2, -0.15) is 0 Å². The van der Waals surface area contributed by atoms with E-state index in [1.165, 1.54) is 7.11 Å². The number of methoxy groups -OCH3 is 1. The van der Waals surface area contributed by atoms with Crippen LogP contribution in [-0.4, -0.2) is 25.5 Å². The Balaban J connectivity index is 1.88. The van der Waals surface area contributed by atoms with Crippen LogP contribution >= 0.6 is 0 Å². The number of carbonyl (C=O) groups is 2. The van der Waals surface area contributed by atoms with Crippen molar-refractivity contribution < 1.29 is 27.5 Å². The highest BCUT2D eigenvalue weighted by atomic mass is 19.2. The van der Waals surface area contributed by atoms with Crippen molar-refractivity contribution in [1.29, 1.82) is 0 Å². The third-order valence-corrected chi connectivity index (χ3v) is 3.32. The first-order valence-corrected chi connectivity index (χ1v) is 7.28. The Hall–Kier alpha value is -3.03. The van der Waals surface area contributed by atoms with E-state index >= 15 is 0 Å². The molecule has 0 aliphatic carbocycles. The third-order valence-electron chi connectivity index (χ3n) is 3.32. The molecule has 0 aliphatic rings. The van der Waals surface area contributed by atoms with Crippen molar-refractivity contribution in [3.63, 3.8) is 0 Å². The van der Waals surface area contributed by atoms with Crippen LogP contribution < -0.4 is 15.4 Å². The quantitative estimate of drug-likeness (QED) is 0.641. The Bertz CT molecular complexity index is 797. The minimum Gasteiger partial charge on any atom is -0.497 e. The lowest BCUT2D eigenvalue weighted by Gasteiger charge is -2.08. The highest BCUT2D eigenvalue weighted by molar-refractivity contribution is 6.39. The van der Waals surface area contributed by atoms with Gasteiger partial charge in [0, 0.05) is 6.54 Å². The second-order valence-electron chi connectivity index (χ2n) is 5.03. The lowest BCUT2D eigenvalue weighted by Crippen LogP contribution is -2.36. The zero-order chi connectivity index (χ0) is 18.4. The van der Waals surface area contributed by atoms with Crippen LogP contribution in [-0.2, 0) is 16.0 Å². The van der Waals surface area contributed by atoms with Crippen LogP contribution in [0.5, 0.6) is 5.75 Å². The van der Waals surface area contributed by atoms with Crippen molar-refractivity contribution in [2.45, 2.75) is 6.42 Å². The molecule has 2 amide bonds. The fourth-order valence-corrected chi connectivity index (χ4v) is 2.03. The van der Waals surface area contributed by atoms with Crippen LogP contribution in [0.2, 0.25) is 0 Å². The molecular weight excluding hydrogens is 337 g/mol. The summed E-state index contributed by atoms with van der Waals surface area (Å²) in [6.45, 7) is 0.152. The zero-order valence-electron chi connectivity index (χ0n) is 13.2. The molecule has 2 aromatic rings.